The van der Waals surface area contributed by atoms with Crippen LogP contribution < -0.4 is 5.32 Å². The van der Waals surface area contributed by atoms with Crippen LogP contribution in [0.3, 0.4) is 0 Å². The number of hydrogen-bond acceptors (Lipinski definition) is 5. The van der Waals surface area contributed by atoms with Crippen LogP contribution in [0, 0.1) is 0 Å². The number of aromatic nitrogens is 3. The van der Waals surface area contributed by atoms with Crippen LogP contribution in [-0.2, 0) is 21.4 Å². The van der Waals surface area contributed by atoms with Crippen LogP contribution in [-0.4, -0.2) is 51.9 Å². The number of amides is 1. The second-order valence-corrected chi connectivity index (χ2v) is 7.90. The van der Waals surface area contributed by atoms with Gasteiger partial charge in [0.1, 0.15) is 11.9 Å². The normalized spacial score (nSPS) is 19.0. The number of H-pyrrole nitrogens is 1. The zero-order valence-corrected chi connectivity index (χ0v) is 14.3. The minimum atomic E-state index is -3.37. The molecule has 8 nitrogen and oxygen atoms in total. The number of carbonyl (C=O) groups is 1. The third kappa shape index (κ3) is 3.41. The van der Waals surface area contributed by atoms with Crippen molar-refractivity contribution in [2.24, 2.45) is 0 Å². The molecule has 0 aromatic carbocycles. The monoisotopic (exact) mass is 351 g/mol. The highest BCUT2D eigenvalue weighted by atomic mass is 32.2. The summed E-state index contributed by atoms with van der Waals surface area (Å²) in [5, 5.41) is 2.78. The van der Waals surface area contributed by atoms with Crippen LogP contribution in [0.15, 0.2) is 18.3 Å². The van der Waals surface area contributed by atoms with Gasteiger partial charge in [0.2, 0.25) is 15.9 Å². The van der Waals surface area contributed by atoms with E-state index in [1.165, 1.54) is 4.31 Å². The largest absolute Gasteiger partial charge is 0.347 e. The van der Waals surface area contributed by atoms with Gasteiger partial charge in [-0.25, -0.2) is 18.4 Å². The fourth-order valence-electron chi connectivity index (χ4n) is 2.98. The molecule has 1 atom stereocenters. The van der Waals surface area contributed by atoms with E-state index in [1.807, 2.05) is 13.0 Å². The molecule has 2 aromatic heterocycles. The summed E-state index contributed by atoms with van der Waals surface area (Å²) < 4.78 is 25.9. The first-order valence-electron chi connectivity index (χ1n) is 8.08. The molecule has 1 aliphatic rings. The quantitative estimate of drug-likeness (QED) is 0.799. The Kier molecular flexibility index (Phi) is 4.81. The smallest absolute Gasteiger partial charge is 0.238 e. The number of nitrogens with one attached hydrogen (secondary N) is 2. The zero-order chi connectivity index (χ0) is 17.2. The van der Waals surface area contributed by atoms with Gasteiger partial charge in [-0.05, 0) is 31.4 Å². The van der Waals surface area contributed by atoms with E-state index in [9.17, 15) is 13.2 Å². The van der Waals surface area contributed by atoms with Crippen molar-refractivity contribution in [2.75, 3.05) is 12.3 Å². The van der Waals surface area contributed by atoms with Crippen LogP contribution in [0.2, 0.25) is 0 Å². The third-order valence-corrected chi connectivity index (χ3v) is 6.14. The standard InChI is InChI=1S/C15H21N5O3S/c1-2-9-24(22,23)20-8-4-6-12(20)15(21)17-10-13-18-11-5-3-7-16-14(11)19-13/h3,5,7,12H,2,4,6,8-10H2,1H3,(H,17,21)(H,16,18,19). The van der Waals surface area contributed by atoms with Crippen molar-refractivity contribution in [3.05, 3.63) is 24.2 Å². The van der Waals surface area contributed by atoms with Crippen LogP contribution in [0.1, 0.15) is 32.0 Å². The minimum Gasteiger partial charge on any atom is -0.347 e. The van der Waals surface area contributed by atoms with Gasteiger partial charge in [-0.15, -0.1) is 0 Å². The van der Waals surface area contributed by atoms with Gasteiger partial charge in [-0.3, -0.25) is 4.79 Å². The first-order valence-corrected chi connectivity index (χ1v) is 9.69. The SMILES string of the molecule is CCCS(=O)(=O)N1CCCC1C(=O)NCc1nc2ncccc2[nH]1. The number of carbonyl (C=O) groups excluding carboxylic acids is 1. The van der Waals surface area contributed by atoms with E-state index < -0.39 is 16.1 Å². The number of hydrogen-bond donors (Lipinski definition) is 2. The predicted molar refractivity (Wildman–Crippen MR) is 89.5 cm³/mol. The Morgan fingerprint density at radius 3 is 3.08 bits per heavy atom. The number of aromatic amines is 1. The topological polar surface area (TPSA) is 108 Å². The molecule has 3 rings (SSSR count). The Hall–Kier alpha value is -2.00. The molecule has 0 bridgehead atoms. The van der Waals surface area contributed by atoms with Gasteiger partial charge in [0, 0.05) is 12.7 Å². The second kappa shape index (κ2) is 6.86. The van der Waals surface area contributed by atoms with E-state index in [1.54, 1.807) is 12.3 Å². The first-order chi connectivity index (χ1) is 11.5. The number of imidazole rings is 1. The Balaban J connectivity index is 1.65. The summed E-state index contributed by atoms with van der Waals surface area (Å²) in [5.74, 6) is 0.394. The molecule has 1 saturated heterocycles. The van der Waals surface area contributed by atoms with E-state index in [-0.39, 0.29) is 18.2 Å². The van der Waals surface area contributed by atoms with Crippen LogP contribution in [0.25, 0.3) is 11.2 Å². The molecule has 1 aliphatic heterocycles. The second-order valence-electron chi connectivity index (χ2n) is 5.86. The lowest BCUT2D eigenvalue weighted by molar-refractivity contribution is -0.124. The highest BCUT2D eigenvalue weighted by Gasteiger charge is 2.37. The molecular formula is C15H21N5O3S. The molecule has 3 heterocycles. The minimum absolute atomic E-state index is 0.0754. The molecule has 2 N–H and O–H groups in total. The highest BCUT2D eigenvalue weighted by Crippen LogP contribution is 2.22. The Morgan fingerprint density at radius 1 is 1.50 bits per heavy atom. The maximum atomic E-state index is 12.4. The molecule has 24 heavy (non-hydrogen) atoms. The predicted octanol–water partition coefficient (Wildman–Crippen LogP) is 0.778. The van der Waals surface area contributed by atoms with Crippen molar-refractivity contribution in [3.8, 4) is 0 Å². The summed E-state index contributed by atoms with van der Waals surface area (Å²) in [4.78, 5) is 23.9. The van der Waals surface area contributed by atoms with E-state index in [4.69, 9.17) is 0 Å². The van der Waals surface area contributed by atoms with Gasteiger partial charge < -0.3 is 10.3 Å². The summed E-state index contributed by atoms with van der Waals surface area (Å²) in [7, 11) is -3.37. The van der Waals surface area contributed by atoms with E-state index >= 15 is 0 Å². The number of sulfonamides is 1. The third-order valence-electron chi connectivity index (χ3n) is 4.06. The lowest BCUT2D eigenvalue weighted by atomic mass is 10.2. The zero-order valence-electron chi connectivity index (χ0n) is 13.5. The van der Waals surface area contributed by atoms with Crippen molar-refractivity contribution in [1.82, 2.24) is 24.6 Å². The van der Waals surface area contributed by atoms with Crippen molar-refractivity contribution in [3.63, 3.8) is 0 Å². The lowest BCUT2D eigenvalue weighted by Gasteiger charge is -2.22. The van der Waals surface area contributed by atoms with E-state index in [2.05, 4.69) is 20.3 Å². The fourth-order valence-corrected chi connectivity index (χ4v) is 4.72. The molecule has 0 aliphatic carbocycles. The number of nitrogens with zero attached hydrogens (tertiary/aromatic N) is 3. The summed E-state index contributed by atoms with van der Waals surface area (Å²) in [6.45, 7) is 2.45. The van der Waals surface area contributed by atoms with Gasteiger partial charge in [0.25, 0.3) is 0 Å². The maximum Gasteiger partial charge on any atom is 0.238 e. The van der Waals surface area contributed by atoms with Crippen LogP contribution in [0.4, 0.5) is 0 Å². The summed E-state index contributed by atoms with van der Waals surface area (Å²) >= 11 is 0. The van der Waals surface area contributed by atoms with Crippen molar-refractivity contribution >= 4 is 27.1 Å². The number of rotatable bonds is 6. The summed E-state index contributed by atoms with van der Waals surface area (Å²) in [6.07, 6.45) is 3.45. The number of fused-ring (bicyclic) bond motifs is 1. The van der Waals surface area contributed by atoms with E-state index in [0.717, 1.165) is 5.52 Å². The van der Waals surface area contributed by atoms with Gasteiger partial charge in [0.05, 0.1) is 17.8 Å². The molecule has 0 saturated carbocycles. The Labute approximate surface area is 140 Å². The van der Waals surface area contributed by atoms with Crippen molar-refractivity contribution in [1.29, 1.82) is 0 Å². The van der Waals surface area contributed by atoms with Crippen molar-refractivity contribution < 1.29 is 13.2 Å². The molecular weight excluding hydrogens is 330 g/mol. The van der Waals surface area contributed by atoms with Gasteiger partial charge in [-0.2, -0.15) is 4.31 Å². The molecule has 0 radical (unpaired) electrons. The van der Waals surface area contributed by atoms with Gasteiger partial charge >= 0.3 is 0 Å². The summed E-state index contributed by atoms with van der Waals surface area (Å²) in [5.41, 5.74) is 1.39. The molecule has 1 unspecified atom stereocenters. The maximum absolute atomic E-state index is 12.4. The molecule has 130 valence electrons. The van der Waals surface area contributed by atoms with Crippen LogP contribution in [0.5, 0.6) is 0 Å². The molecule has 1 amide bonds. The van der Waals surface area contributed by atoms with Crippen molar-refractivity contribution in [2.45, 2.75) is 38.8 Å². The average Bonchev–Trinajstić information content (AvgIpc) is 3.19. The van der Waals surface area contributed by atoms with Gasteiger partial charge in [-0.1, -0.05) is 6.92 Å². The van der Waals surface area contributed by atoms with E-state index in [0.29, 0.717) is 37.3 Å². The Morgan fingerprint density at radius 2 is 2.33 bits per heavy atom. The molecule has 0 spiro atoms. The summed E-state index contributed by atoms with van der Waals surface area (Å²) in [6, 6.07) is 3.04. The Bertz CT molecular complexity index is 800. The molecule has 1 fully saturated rings. The first kappa shape index (κ1) is 16.8. The van der Waals surface area contributed by atoms with Gasteiger partial charge in [0.15, 0.2) is 5.65 Å². The lowest BCUT2D eigenvalue weighted by Crippen LogP contribution is -2.46. The highest BCUT2D eigenvalue weighted by molar-refractivity contribution is 7.89. The molecule has 2 aromatic rings. The van der Waals surface area contributed by atoms with Crippen LogP contribution >= 0.6 is 0 Å². The fraction of sp³-hybridized carbons (Fsp3) is 0.533. The average molecular weight is 351 g/mol. The number of pyridine rings is 1. The molecule has 9 heteroatoms.